The fraction of sp³-hybridized carbons (Fsp3) is 1.00. The summed E-state index contributed by atoms with van der Waals surface area (Å²) >= 11 is 2.10. The molecule has 3 heteroatoms. The van der Waals surface area contributed by atoms with Crippen molar-refractivity contribution in [3.8, 4) is 0 Å². The van der Waals surface area contributed by atoms with E-state index in [1.807, 2.05) is 0 Å². The average molecular weight is 245 g/mol. The van der Waals surface area contributed by atoms with Gasteiger partial charge in [0, 0.05) is 38.3 Å². The van der Waals surface area contributed by atoms with Crippen LogP contribution in [-0.4, -0.2) is 49.8 Å². The van der Waals surface area contributed by atoms with E-state index in [9.17, 15) is 0 Å². The highest BCUT2D eigenvalue weighted by Gasteiger charge is 2.11. The summed E-state index contributed by atoms with van der Waals surface area (Å²) in [6.07, 6.45) is 5.29. The van der Waals surface area contributed by atoms with Crippen LogP contribution in [0.5, 0.6) is 0 Å². The van der Waals surface area contributed by atoms with Crippen LogP contribution < -0.4 is 0 Å². The monoisotopic (exact) mass is 245 g/mol. The quantitative estimate of drug-likeness (QED) is 0.652. The number of methoxy groups -OCH3 is 1. The molecule has 0 aromatic heterocycles. The van der Waals surface area contributed by atoms with E-state index < -0.39 is 0 Å². The van der Waals surface area contributed by atoms with Gasteiger partial charge >= 0.3 is 0 Å². The van der Waals surface area contributed by atoms with Crippen molar-refractivity contribution in [2.24, 2.45) is 5.92 Å². The normalized spacial score (nSPS) is 19.9. The predicted octanol–water partition coefficient (Wildman–Crippen LogP) is 2.88. The van der Waals surface area contributed by atoms with Gasteiger partial charge < -0.3 is 9.64 Å². The van der Waals surface area contributed by atoms with Crippen molar-refractivity contribution in [2.45, 2.75) is 32.6 Å². The molecular formula is C13H27NOS. The Kier molecular flexibility index (Phi) is 8.34. The molecule has 16 heavy (non-hydrogen) atoms. The Bertz CT molecular complexity index is 160. The number of hydrogen-bond acceptors (Lipinski definition) is 3. The van der Waals surface area contributed by atoms with Crippen molar-refractivity contribution < 1.29 is 4.74 Å². The molecule has 0 spiro atoms. The second-order valence-electron chi connectivity index (χ2n) is 4.65. The molecule has 0 unspecified atom stereocenters. The predicted molar refractivity (Wildman–Crippen MR) is 73.3 cm³/mol. The molecule has 96 valence electrons. The van der Waals surface area contributed by atoms with Crippen molar-refractivity contribution in [1.82, 2.24) is 4.90 Å². The molecule has 0 aromatic rings. The van der Waals surface area contributed by atoms with Crippen LogP contribution in [-0.2, 0) is 4.74 Å². The Balaban J connectivity index is 2.02. The van der Waals surface area contributed by atoms with Crippen molar-refractivity contribution in [2.75, 3.05) is 44.9 Å². The molecule has 1 atom stereocenters. The molecule has 0 radical (unpaired) electrons. The van der Waals surface area contributed by atoms with Gasteiger partial charge in [0.1, 0.15) is 0 Å². The number of ether oxygens (including phenoxy) is 1. The van der Waals surface area contributed by atoms with Crippen LogP contribution in [0.25, 0.3) is 0 Å². The standard InChI is InChI=1S/C13H27NOS/c1-3-13(6-10-15-2)5-4-7-14-8-11-16-12-9-14/h13H,3-12H2,1-2H3/t13-/m0/s1. The maximum absolute atomic E-state index is 5.16. The van der Waals surface area contributed by atoms with E-state index in [1.165, 1.54) is 56.8 Å². The first-order valence-electron chi connectivity index (χ1n) is 6.65. The first-order valence-corrected chi connectivity index (χ1v) is 7.81. The number of nitrogens with zero attached hydrogens (tertiary/aromatic N) is 1. The summed E-state index contributed by atoms with van der Waals surface area (Å²) in [6, 6.07) is 0. The van der Waals surface area contributed by atoms with Crippen molar-refractivity contribution in [1.29, 1.82) is 0 Å². The molecule has 1 saturated heterocycles. The second kappa shape index (κ2) is 9.32. The highest BCUT2D eigenvalue weighted by molar-refractivity contribution is 7.99. The van der Waals surface area contributed by atoms with E-state index in [0.29, 0.717) is 0 Å². The Labute approximate surface area is 105 Å². The van der Waals surface area contributed by atoms with Crippen LogP contribution in [0, 0.1) is 5.92 Å². The maximum atomic E-state index is 5.16. The lowest BCUT2D eigenvalue weighted by Gasteiger charge is -2.26. The summed E-state index contributed by atoms with van der Waals surface area (Å²) in [7, 11) is 1.80. The number of thioether (sulfide) groups is 1. The molecular weight excluding hydrogens is 218 g/mol. The molecule has 0 N–H and O–H groups in total. The van der Waals surface area contributed by atoms with Crippen LogP contribution in [0.2, 0.25) is 0 Å². The van der Waals surface area contributed by atoms with Gasteiger partial charge in [-0.3, -0.25) is 0 Å². The lowest BCUT2D eigenvalue weighted by molar-refractivity contribution is 0.171. The smallest absolute Gasteiger partial charge is 0.0464 e. The fourth-order valence-corrected chi connectivity index (χ4v) is 3.24. The first kappa shape index (κ1) is 14.3. The zero-order valence-electron chi connectivity index (χ0n) is 10.9. The lowest BCUT2D eigenvalue weighted by atomic mass is 9.97. The van der Waals surface area contributed by atoms with Gasteiger partial charge in [0.15, 0.2) is 0 Å². The van der Waals surface area contributed by atoms with Gasteiger partial charge in [0.25, 0.3) is 0 Å². The van der Waals surface area contributed by atoms with Gasteiger partial charge in [-0.25, -0.2) is 0 Å². The Hall–Kier alpha value is 0.270. The van der Waals surface area contributed by atoms with E-state index in [1.54, 1.807) is 7.11 Å². The topological polar surface area (TPSA) is 12.5 Å². The van der Waals surface area contributed by atoms with E-state index in [2.05, 4.69) is 23.6 Å². The maximum Gasteiger partial charge on any atom is 0.0464 e. The van der Waals surface area contributed by atoms with Crippen molar-refractivity contribution >= 4 is 11.8 Å². The van der Waals surface area contributed by atoms with Gasteiger partial charge in [-0.1, -0.05) is 13.3 Å². The highest BCUT2D eigenvalue weighted by Crippen LogP contribution is 2.16. The number of hydrogen-bond donors (Lipinski definition) is 0. The van der Waals surface area contributed by atoms with Crippen LogP contribution in [0.1, 0.15) is 32.6 Å². The summed E-state index contributed by atoms with van der Waals surface area (Å²) in [6.45, 7) is 7.15. The van der Waals surface area contributed by atoms with Gasteiger partial charge in [-0.15, -0.1) is 0 Å². The zero-order valence-corrected chi connectivity index (χ0v) is 11.7. The summed E-state index contributed by atoms with van der Waals surface area (Å²) < 4.78 is 5.16. The van der Waals surface area contributed by atoms with Gasteiger partial charge in [-0.2, -0.15) is 11.8 Å². The molecule has 1 fully saturated rings. The van der Waals surface area contributed by atoms with Gasteiger partial charge in [0.2, 0.25) is 0 Å². The minimum absolute atomic E-state index is 0.874. The molecule has 1 rings (SSSR count). The second-order valence-corrected chi connectivity index (χ2v) is 5.88. The molecule has 0 bridgehead atoms. The Morgan fingerprint density at radius 2 is 2.00 bits per heavy atom. The molecule has 0 aromatic carbocycles. The summed E-state index contributed by atoms with van der Waals surface area (Å²) in [5.41, 5.74) is 0. The SMILES string of the molecule is CC[C@@H](CCCN1CCSCC1)CCOC. The minimum atomic E-state index is 0.874. The molecule has 0 saturated carbocycles. The van der Waals surface area contributed by atoms with E-state index in [-0.39, 0.29) is 0 Å². The highest BCUT2D eigenvalue weighted by atomic mass is 32.2. The fourth-order valence-electron chi connectivity index (χ4n) is 2.27. The van der Waals surface area contributed by atoms with Crippen LogP contribution in [0.15, 0.2) is 0 Å². The third-order valence-electron chi connectivity index (χ3n) is 3.50. The lowest BCUT2D eigenvalue weighted by Crippen LogP contribution is -2.33. The zero-order chi connectivity index (χ0) is 11.6. The Morgan fingerprint density at radius 1 is 1.25 bits per heavy atom. The van der Waals surface area contributed by atoms with Crippen molar-refractivity contribution in [3.63, 3.8) is 0 Å². The molecule has 1 aliphatic rings. The van der Waals surface area contributed by atoms with Crippen molar-refractivity contribution in [3.05, 3.63) is 0 Å². The molecule has 1 heterocycles. The van der Waals surface area contributed by atoms with E-state index >= 15 is 0 Å². The van der Waals surface area contributed by atoms with E-state index in [0.717, 1.165) is 12.5 Å². The summed E-state index contributed by atoms with van der Waals surface area (Å²) in [5, 5.41) is 0. The molecule has 0 aliphatic carbocycles. The minimum Gasteiger partial charge on any atom is -0.385 e. The Morgan fingerprint density at radius 3 is 2.62 bits per heavy atom. The van der Waals surface area contributed by atoms with Gasteiger partial charge in [0.05, 0.1) is 0 Å². The molecule has 2 nitrogen and oxygen atoms in total. The average Bonchev–Trinajstić information content (AvgIpc) is 2.35. The van der Waals surface area contributed by atoms with Crippen LogP contribution in [0.3, 0.4) is 0 Å². The first-order chi connectivity index (χ1) is 7.86. The summed E-state index contributed by atoms with van der Waals surface area (Å²) in [4.78, 5) is 2.62. The van der Waals surface area contributed by atoms with Gasteiger partial charge in [-0.05, 0) is 31.7 Å². The third-order valence-corrected chi connectivity index (χ3v) is 4.44. The summed E-state index contributed by atoms with van der Waals surface area (Å²) in [5.74, 6) is 3.54. The van der Waals surface area contributed by atoms with Crippen LogP contribution >= 0.6 is 11.8 Å². The largest absolute Gasteiger partial charge is 0.385 e. The third kappa shape index (κ3) is 6.12. The van der Waals surface area contributed by atoms with E-state index in [4.69, 9.17) is 4.74 Å². The molecule has 1 aliphatic heterocycles. The molecule has 0 amide bonds. The van der Waals surface area contributed by atoms with Crippen LogP contribution in [0.4, 0.5) is 0 Å². The number of rotatable bonds is 8.